The average Bonchev–Trinajstić information content (AvgIpc) is 3.07. The highest BCUT2D eigenvalue weighted by molar-refractivity contribution is 5.88. The minimum Gasteiger partial charge on any atom is -0.0617 e. The highest BCUT2D eigenvalue weighted by Crippen LogP contribution is 2.59. The maximum atomic E-state index is 2.46. The van der Waals surface area contributed by atoms with E-state index >= 15 is 0 Å². The van der Waals surface area contributed by atoms with E-state index in [9.17, 15) is 0 Å². The fourth-order valence-electron chi connectivity index (χ4n) is 6.33. The van der Waals surface area contributed by atoms with Gasteiger partial charge in [0.05, 0.1) is 5.41 Å². The van der Waals surface area contributed by atoms with E-state index in [-0.39, 0.29) is 5.41 Å². The zero-order valence-electron chi connectivity index (χ0n) is 20.8. The molecule has 33 heavy (non-hydrogen) atoms. The summed E-state index contributed by atoms with van der Waals surface area (Å²) >= 11 is 0. The maximum absolute atomic E-state index is 2.46. The number of hydrogen-bond acceptors (Lipinski definition) is 0. The third-order valence-corrected chi connectivity index (χ3v) is 7.68. The topological polar surface area (TPSA) is 0 Å². The lowest BCUT2D eigenvalue weighted by Gasteiger charge is -2.39. The summed E-state index contributed by atoms with van der Waals surface area (Å²) < 4.78 is 0. The van der Waals surface area contributed by atoms with Crippen molar-refractivity contribution in [1.29, 1.82) is 0 Å². The van der Waals surface area contributed by atoms with E-state index < -0.39 is 0 Å². The molecule has 0 amide bonds. The second-order valence-corrected chi connectivity index (χ2v) is 9.77. The molecule has 0 nitrogen and oxygen atoms in total. The predicted molar refractivity (Wildman–Crippen MR) is 141 cm³/mol. The second-order valence-electron chi connectivity index (χ2n) is 9.77. The van der Waals surface area contributed by atoms with Crippen LogP contribution in [0.2, 0.25) is 0 Å². The molecule has 4 aromatic rings. The van der Waals surface area contributed by atoms with Gasteiger partial charge in [-0.05, 0) is 96.2 Å². The summed E-state index contributed by atoms with van der Waals surface area (Å²) in [4.78, 5) is 0. The van der Waals surface area contributed by atoms with E-state index in [0.29, 0.717) is 0 Å². The fourth-order valence-corrected chi connectivity index (χ4v) is 6.33. The molecule has 0 bridgehead atoms. The first-order chi connectivity index (χ1) is 15.9. The van der Waals surface area contributed by atoms with Gasteiger partial charge >= 0.3 is 0 Å². The molecule has 0 aromatic heterocycles. The number of benzene rings is 4. The van der Waals surface area contributed by atoms with Crippen molar-refractivity contribution in [3.05, 3.63) is 128 Å². The molecule has 0 saturated heterocycles. The van der Waals surface area contributed by atoms with Gasteiger partial charge in [0.2, 0.25) is 0 Å². The van der Waals surface area contributed by atoms with Crippen molar-refractivity contribution in [2.75, 3.05) is 0 Å². The van der Waals surface area contributed by atoms with Crippen molar-refractivity contribution in [3.8, 4) is 11.1 Å². The molecule has 0 spiro atoms. The Balaban J connectivity index is 2.10. The smallest absolute Gasteiger partial charge is 0.0617 e. The number of aryl methyl sites for hydroxylation is 6. The lowest BCUT2D eigenvalue weighted by molar-refractivity contribution is 0.726. The summed E-state index contributed by atoms with van der Waals surface area (Å²) in [6, 6.07) is 27.9. The number of rotatable bonds is 4. The van der Waals surface area contributed by atoms with Crippen LogP contribution >= 0.6 is 0 Å². The quantitative estimate of drug-likeness (QED) is 0.268. The van der Waals surface area contributed by atoms with Gasteiger partial charge in [-0.2, -0.15) is 0 Å². The zero-order valence-corrected chi connectivity index (χ0v) is 20.8. The molecule has 0 heterocycles. The molecule has 0 N–H and O–H groups in total. The Kier molecular flexibility index (Phi) is 5.28. The Morgan fingerprint density at radius 3 is 1.36 bits per heavy atom. The van der Waals surface area contributed by atoms with Crippen LogP contribution in [0.15, 0.2) is 72.8 Å². The van der Waals surface area contributed by atoms with Crippen LogP contribution in [-0.4, -0.2) is 0 Å². The van der Waals surface area contributed by atoms with Crippen LogP contribution in [0.1, 0.15) is 69.5 Å². The molecule has 4 aromatic carbocycles. The average molecular weight is 431 g/mol. The summed E-state index contributed by atoms with van der Waals surface area (Å²) in [7, 11) is 0. The molecule has 0 heteroatoms. The van der Waals surface area contributed by atoms with Gasteiger partial charge < -0.3 is 0 Å². The first kappa shape index (κ1) is 21.7. The molecule has 1 aliphatic rings. The van der Waals surface area contributed by atoms with Crippen LogP contribution in [0, 0.1) is 27.7 Å². The summed E-state index contributed by atoms with van der Waals surface area (Å²) in [5.74, 6) is 0. The predicted octanol–water partition coefficient (Wildman–Crippen LogP) is 8.41. The van der Waals surface area contributed by atoms with E-state index in [2.05, 4.69) is 114 Å². The normalized spacial score (nSPS) is 13.6. The van der Waals surface area contributed by atoms with E-state index in [1.165, 1.54) is 66.8 Å². The molecule has 0 radical (unpaired) electrons. The summed E-state index contributed by atoms with van der Waals surface area (Å²) in [6.45, 7) is 13.7. The van der Waals surface area contributed by atoms with Crippen molar-refractivity contribution < 1.29 is 0 Å². The summed E-state index contributed by atoms with van der Waals surface area (Å²) in [6.07, 6.45) is 2.04. The first-order valence-electron chi connectivity index (χ1n) is 12.3. The fraction of sp³-hybridized carbons (Fsp3) is 0.273. The molecular weight excluding hydrogens is 396 g/mol. The van der Waals surface area contributed by atoms with Gasteiger partial charge in [0.15, 0.2) is 0 Å². The van der Waals surface area contributed by atoms with Gasteiger partial charge in [-0.15, -0.1) is 0 Å². The van der Waals surface area contributed by atoms with Crippen LogP contribution in [-0.2, 0) is 18.3 Å². The van der Waals surface area contributed by atoms with E-state index in [0.717, 1.165) is 12.8 Å². The molecule has 0 atom stereocenters. The van der Waals surface area contributed by atoms with Crippen molar-refractivity contribution in [2.24, 2.45) is 0 Å². The van der Waals surface area contributed by atoms with Gasteiger partial charge in [0.1, 0.15) is 0 Å². The molecule has 0 aliphatic heterocycles. The monoisotopic (exact) mass is 430 g/mol. The molecular formula is C33H34. The Hall–Kier alpha value is -3.12. The molecule has 5 rings (SSSR count). The van der Waals surface area contributed by atoms with Crippen LogP contribution in [0.3, 0.4) is 0 Å². The first-order valence-corrected chi connectivity index (χ1v) is 12.3. The molecule has 0 unspecified atom stereocenters. The highest BCUT2D eigenvalue weighted by Gasteiger charge is 2.49. The Morgan fingerprint density at radius 2 is 0.970 bits per heavy atom. The molecule has 0 saturated carbocycles. The van der Waals surface area contributed by atoms with Crippen LogP contribution in [0.4, 0.5) is 0 Å². The molecule has 166 valence electrons. The van der Waals surface area contributed by atoms with Crippen molar-refractivity contribution in [1.82, 2.24) is 0 Å². The lowest BCUT2D eigenvalue weighted by atomic mass is 9.62. The number of hydrogen-bond donors (Lipinski definition) is 0. The third kappa shape index (κ3) is 3.04. The molecule has 1 aliphatic carbocycles. The van der Waals surface area contributed by atoms with Crippen molar-refractivity contribution >= 4 is 0 Å². The number of fused-ring (bicyclic) bond motifs is 3. The SMILES string of the molecule is CCc1cccc(C)c1C1(c2c(C)cccc2CC)c2cc(C)ccc2-c2ccc(C)cc21. The van der Waals surface area contributed by atoms with Crippen molar-refractivity contribution in [3.63, 3.8) is 0 Å². The van der Waals surface area contributed by atoms with E-state index in [4.69, 9.17) is 0 Å². The zero-order chi connectivity index (χ0) is 23.3. The van der Waals surface area contributed by atoms with Gasteiger partial charge in [0.25, 0.3) is 0 Å². The van der Waals surface area contributed by atoms with Gasteiger partial charge in [-0.1, -0.05) is 97.8 Å². The van der Waals surface area contributed by atoms with Gasteiger partial charge in [-0.25, -0.2) is 0 Å². The van der Waals surface area contributed by atoms with Crippen LogP contribution in [0.5, 0.6) is 0 Å². The van der Waals surface area contributed by atoms with E-state index in [1.807, 2.05) is 0 Å². The van der Waals surface area contributed by atoms with Crippen LogP contribution in [0.25, 0.3) is 11.1 Å². The highest BCUT2D eigenvalue weighted by atomic mass is 14.5. The Morgan fingerprint density at radius 1 is 0.545 bits per heavy atom. The van der Waals surface area contributed by atoms with Crippen molar-refractivity contribution in [2.45, 2.75) is 59.8 Å². The largest absolute Gasteiger partial charge is 0.0724 e. The van der Waals surface area contributed by atoms with Crippen LogP contribution < -0.4 is 0 Å². The van der Waals surface area contributed by atoms with E-state index in [1.54, 1.807) is 0 Å². The summed E-state index contributed by atoms with van der Waals surface area (Å²) in [5.41, 5.74) is 16.6. The molecule has 0 fully saturated rings. The van der Waals surface area contributed by atoms with Gasteiger partial charge in [-0.3, -0.25) is 0 Å². The standard InChI is InChI=1S/C33H34/c1-7-25-13-9-11-23(5)31(25)33(32-24(6)12-10-14-26(32)8-2)29-19-21(3)15-17-27(29)28-18-16-22(4)20-30(28)33/h9-20H,7-8H2,1-6H3. The maximum Gasteiger partial charge on any atom is 0.0724 e. The third-order valence-electron chi connectivity index (χ3n) is 7.68. The minimum absolute atomic E-state index is 0.309. The Bertz CT molecular complexity index is 1260. The minimum atomic E-state index is -0.309. The second kappa shape index (κ2) is 8.03. The Labute approximate surface area is 199 Å². The summed E-state index contributed by atoms with van der Waals surface area (Å²) in [5, 5.41) is 0. The lowest BCUT2D eigenvalue weighted by Crippen LogP contribution is -2.33. The van der Waals surface area contributed by atoms with Gasteiger partial charge in [0, 0.05) is 0 Å².